The molecule has 3 N–H and O–H groups in total. The molecule has 0 aromatic heterocycles. The molecule has 0 aliphatic heterocycles. The van der Waals surface area contributed by atoms with Gasteiger partial charge in [0.25, 0.3) is 0 Å². The highest BCUT2D eigenvalue weighted by Crippen LogP contribution is 2.17. The van der Waals surface area contributed by atoms with Crippen LogP contribution in [-0.2, 0) is 14.3 Å². The quantitative estimate of drug-likeness (QED) is 0.0321. The molecule has 0 heterocycles. The summed E-state index contributed by atoms with van der Waals surface area (Å²) in [6, 6.07) is -0.629. The summed E-state index contributed by atoms with van der Waals surface area (Å²) in [5, 5.41) is 23.1. The number of hydrogen-bond acceptors (Lipinski definition) is 5. The van der Waals surface area contributed by atoms with Crippen LogP contribution in [0.25, 0.3) is 0 Å². The average molecular weight is 945 g/mol. The first-order valence-corrected chi connectivity index (χ1v) is 30.1. The highest BCUT2D eigenvalue weighted by Gasteiger charge is 2.18. The Labute approximate surface area is 418 Å². The predicted molar refractivity (Wildman–Crippen MR) is 292 cm³/mol. The summed E-state index contributed by atoms with van der Waals surface area (Å²) in [6.45, 7) is 4.91. The van der Waals surface area contributed by atoms with Crippen LogP contribution in [0.2, 0.25) is 0 Å². The van der Waals surface area contributed by atoms with Gasteiger partial charge in [-0.2, -0.15) is 0 Å². The van der Waals surface area contributed by atoms with E-state index in [1.807, 2.05) is 6.08 Å². The highest BCUT2D eigenvalue weighted by atomic mass is 16.5. The van der Waals surface area contributed by atoms with Crippen molar-refractivity contribution in [2.75, 3.05) is 13.2 Å². The van der Waals surface area contributed by atoms with Crippen molar-refractivity contribution in [3.8, 4) is 0 Å². The van der Waals surface area contributed by atoms with Crippen molar-refractivity contribution in [3.63, 3.8) is 0 Å². The minimum atomic E-state index is -0.845. The lowest BCUT2D eigenvalue weighted by Gasteiger charge is -2.20. The minimum absolute atomic E-state index is 0.00277. The number of aliphatic hydroxyl groups is 2. The maximum atomic E-state index is 12.5. The van der Waals surface area contributed by atoms with Crippen LogP contribution in [0.4, 0.5) is 0 Å². The number of amides is 1. The van der Waals surface area contributed by atoms with E-state index in [2.05, 4.69) is 31.3 Å². The van der Waals surface area contributed by atoms with Crippen molar-refractivity contribution in [2.24, 2.45) is 0 Å². The fourth-order valence-corrected chi connectivity index (χ4v) is 9.34. The van der Waals surface area contributed by atoms with Crippen molar-refractivity contribution < 1.29 is 24.5 Å². The third-order valence-corrected chi connectivity index (χ3v) is 14.0. The van der Waals surface area contributed by atoms with Crippen LogP contribution < -0.4 is 5.32 Å². The van der Waals surface area contributed by atoms with Crippen LogP contribution in [0.5, 0.6) is 0 Å². The average Bonchev–Trinajstić information content (AvgIpc) is 3.33. The molecule has 0 aliphatic rings. The van der Waals surface area contributed by atoms with Gasteiger partial charge in [-0.3, -0.25) is 9.59 Å². The Morgan fingerprint density at radius 1 is 0.403 bits per heavy atom. The molecule has 0 saturated heterocycles. The van der Waals surface area contributed by atoms with Gasteiger partial charge in [0.05, 0.1) is 25.4 Å². The van der Waals surface area contributed by atoms with Crippen molar-refractivity contribution in [3.05, 3.63) is 24.3 Å². The SMILES string of the molecule is CCCCCCCCC/C=C\CCCCCCCC(=O)OCCCCCCCCCCCCCCCCCCCCCCC(=O)NC(CO)C(O)/C=C/CCCCCCCCCCCCCC. The third-order valence-electron chi connectivity index (χ3n) is 14.0. The fourth-order valence-electron chi connectivity index (χ4n) is 9.34. The van der Waals surface area contributed by atoms with E-state index >= 15 is 0 Å². The smallest absolute Gasteiger partial charge is 0.305 e. The van der Waals surface area contributed by atoms with E-state index in [9.17, 15) is 19.8 Å². The number of aliphatic hydroxyl groups excluding tert-OH is 2. The number of hydrogen-bond donors (Lipinski definition) is 3. The number of nitrogens with one attached hydrogen (secondary N) is 1. The molecular weight excluding hydrogens is 827 g/mol. The zero-order chi connectivity index (χ0) is 48.6. The number of carbonyl (C=O) groups is 2. The summed E-state index contributed by atoms with van der Waals surface area (Å²) >= 11 is 0. The third kappa shape index (κ3) is 53.5. The number of allylic oxidation sites excluding steroid dienone is 3. The van der Waals surface area contributed by atoms with Crippen molar-refractivity contribution in [1.29, 1.82) is 0 Å². The Morgan fingerprint density at radius 3 is 1.06 bits per heavy atom. The van der Waals surface area contributed by atoms with Gasteiger partial charge in [-0.15, -0.1) is 0 Å². The second kappa shape index (κ2) is 56.9. The zero-order valence-corrected chi connectivity index (χ0v) is 45.1. The first-order chi connectivity index (χ1) is 33.0. The van der Waals surface area contributed by atoms with Crippen molar-refractivity contribution in [1.82, 2.24) is 5.32 Å². The number of unbranched alkanes of at least 4 members (excludes halogenated alkanes) is 43. The van der Waals surface area contributed by atoms with Gasteiger partial charge in [0.1, 0.15) is 0 Å². The lowest BCUT2D eigenvalue weighted by atomic mass is 10.0. The maximum Gasteiger partial charge on any atom is 0.305 e. The Bertz CT molecular complexity index is 1040. The molecule has 0 rings (SSSR count). The monoisotopic (exact) mass is 944 g/mol. The maximum absolute atomic E-state index is 12.5. The molecule has 0 bridgehead atoms. The van der Waals surface area contributed by atoms with E-state index < -0.39 is 12.1 Å². The van der Waals surface area contributed by atoms with E-state index in [4.69, 9.17) is 4.74 Å². The molecule has 0 aromatic rings. The predicted octanol–water partition coefficient (Wildman–Crippen LogP) is 18.6. The van der Waals surface area contributed by atoms with Gasteiger partial charge in [-0.1, -0.05) is 282 Å². The fraction of sp³-hybridized carbons (Fsp3) is 0.902. The second-order valence-corrected chi connectivity index (χ2v) is 20.7. The van der Waals surface area contributed by atoms with Crippen molar-refractivity contribution in [2.45, 2.75) is 341 Å². The molecule has 0 radical (unpaired) electrons. The summed E-state index contributed by atoms with van der Waals surface area (Å²) in [5.41, 5.74) is 0. The molecule has 1 amide bonds. The van der Waals surface area contributed by atoms with Crippen LogP contribution in [0.1, 0.15) is 328 Å². The van der Waals surface area contributed by atoms with Crippen LogP contribution in [0.15, 0.2) is 24.3 Å². The van der Waals surface area contributed by atoms with Gasteiger partial charge in [0, 0.05) is 12.8 Å². The zero-order valence-electron chi connectivity index (χ0n) is 45.1. The summed E-state index contributed by atoms with van der Waals surface area (Å²) in [6.07, 6.45) is 69.2. The number of ether oxygens (including phenoxy) is 1. The van der Waals surface area contributed by atoms with Crippen molar-refractivity contribution >= 4 is 11.9 Å². The summed E-state index contributed by atoms with van der Waals surface area (Å²) < 4.78 is 5.48. The van der Waals surface area contributed by atoms with E-state index in [0.717, 1.165) is 44.9 Å². The first-order valence-electron chi connectivity index (χ1n) is 30.1. The summed E-state index contributed by atoms with van der Waals surface area (Å²) in [7, 11) is 0. The number of rotatable bonds is 56. The molecule has 396 valence electrons. The molecule has 0 fully saturated rings. The molecule has 67 heavy (non-hydrogen) atoms. The Balaban J connectivity index is 3.40. The molecule has 2 atom stereocenters. The van der Waals surface area contributed by atoms with Crippen LogP contribution in [0.3, 0.4) is 0 Å². The highest BCUT2D eigenvalue weighted by molar-refractivity contribution is 5.76. The van der Waals surface area contributed by atoms with Gasteiger partial charge in [-0.05, 0) is 57.8 Å². The summed E-state index contributed by atoms with van der Waals surface area (Å²) in [5.74, 6) is -0.0661. The van der Waals surface area contributed by atoms with Gasteiger partial charge >= 0.3 is 5.97 Å². The molecule has 6 nitrogen and oxygen atoms in total. The Hall–Kier alpha value is -1.66. The Kier molecular flexibility index (Phi) is 55.5. The first kappa shape index (κ1) is 65.3. The van der Waals surface area contributed by atoms with E-state index in [0.29, 0.717) is 19.4 Å². The van der Waals surface area contributed by atoms with E-state index in [-0.39, 0.29) is 18.5 Å². The number of carbonyl (C=O) groups excluding carboxylic acids is 2. The molecule has 6 heteroatoms. The Morgan fingerprint density at radius 2 is 0.701 bits per heavy atom. The van der Waals surface area contributed by atoms with E-state index in [1.165, 1.54) is 257 Å². The van der Waals surface area contributed by atoms with Gasteiger partial charge < -0.3 is 20.3 Å². The molecule has 0 spiro atoms. The van der Waals surface area contributed by atoms with Crippen LogP contribution in [0, 0.1) is 0 Å². The normalized spacial score (nSPS) is 12.7. The van der Waals surface area contributed by atoms with E-state index in [1.54, 1.807) is 6.08 Å². The molecule has 0 aromatic carbocycles. The van der Waals surface area contributed by atoms with Gasteiger partial charge in [0.15, 0.2) is 0 Å². The summed E-state index contributed by atoms with van der Waals surface area (Å²) in [4.78, 5) is 24.5. The molecular formula is C61H117NO5. The minimum Gasteiger partial charge on any atom is -0.466 e. The lowest BCUT2D eigenvalue weighted by molar-refractivity contribution is -0.143. The molecule has 2 unspecified atom stereocenters. The molecule has 0 aliphatic carbocycles. The largest absolute Gasteiger partial charge is 0.466 e. The lowest BCUT2D eigenvalue weighted by Crippen LogP contribution is -2.45. The number of esters is 1. The topological polar surface area (TPSA) is 95.9 Å². The van der Waals surface area contributed by atoms with Crippen LogP contribution >= 0.6 is 0 Å². The van der Waals surface area contributed by atoms with Gasteiger partial charge in [0.2, 0.25) is 5.91 Å². The molecule has 0 saturated carbocycles. The van der Waals surface area contributed by atoms with Gasteiger partial charge in [-0.25, -0.2) is 0 Å². The standard InChI is InChI=1S/C61H117NO5/c1-3-5-7-9-11-13-15-17-19-27-31-35-39-43-47-51-55-61(66)67-56-52-48-44-40-36-32-28-25-23-21-20-22-24-26-30-34-38-42-46-50-54-60(65)62-58(57-63)59(64)53-49-45-41-37-33-29-18-16-14-12-10-8-6-4-2/h19,27,49,53,58-59,63-64H,3-18,20-26,28-48,50-52,54-57H2,1-2H3,(H,62,65)/b27-19-,53-49+. The van der Waals surface area contributed by atoms with Crippen LogP contribution in [-0.4, -0.2) is 47.4 Å². The second-order valence-electron chi connectivity index (χ2n) is 20.7.